The summed E-state index contributed by atoms with van der Waals surface area (Å²) in [6, 6.07) is 16.5. The summed E-state index contributed by atoms with van der Waals surface area (Å²) in [5, 5.41) is 7.49. The predicted octanol–water partition coefficient (Wildman–Crippen LogP) is 5.13. The van der Waals surface area contributed by atoms with Gasteiger partial charge in [-0.2, -0.15) is 0 Å². The molecule has 2 amide bonds. The molecule has 2 aromatic carbocycles. The highest BCUT2D eigenvalue weighted by Gasteiger charge is 2.35. The number of hydrogen-bond acceptors (Lipinski definition) is 4. The van der Waals surface area contributed by atoms with Gasteiger partial charge in [0.2, 0.25) is 5.91 Å². The van der Waals surface area contributed by atoms with Gasteiger partial charge in [-0.05, 0) is 79.4 Å². The van der Waals surface area contributed by atoms with Crippen LogP contribution in [0.4, 0.5) is 5.69 Å². The van der Waals surface area contributed by atoms with Gasteiger partial charge in [0.05, 0.1) is 4.88 Å². The third-order valence-electron chi connectivity index (χ3n) is 7.66. The summed E-state index contributed by atoms with van der Waals surface area (Å²) in [5.41, 5.74) is 2.98. The fraction of sp³-hybridized carbons (Fsp3) is 0.407. The molecule has 3 saturated heterocycles. The molecule has 0 spiro atoms. The second kappa shape index (κ2) is 8.58. The number of anilines is 1. The van der Waals surface area contributed by atoms with Crippen molar-refractivity contribution in [2.75, 3.05) is 25.0 Å². The van der Waals surface area contributed by atoms with Crippen molar-refractivity contribution in [3.8, 4) is 11.1 Å². The van der Waals surface area contributed by atoms with Crippen LogP contribution in [0.25, 0.3) is 21.2 Å². The molecule has 3 aromatic rings. The van der Waals surface area contributed by atoms with Crippen LogP contribution in [0, 0.1) is 11.8 Å². The quantitative estimate of drug-likeness (QED) is 0.556. The number of nitrogens with one attached hydrogen (secondary N) is 2. The van der Waals surface area contributed by atoms with E-state index < -0.39 is 0 Å². The number of thiophene rings is 1. The number of rotatable bonds is 5. The van der Waals surface area contributed by atoms with Crippen molar-refractivity contribution in [2.45, 2.75) is 38.1 Å². The third-order valence-corrected chi connectivity index (χ3v) is 8.84. The minimum Gasteiger partial charge on any atom is -0.347 e. The van der Waals surface area contributed by atoms with Crippen LogP contribution in [0.2, 0.25) is 0 Å². The number of hydrogen-bond donors (Lipinski definition) is 2. The Balaban J connectivity index is 1.24. The lowest BCUT2D eigenvalue weighted by Crippen LogP contribution is -2.57. The molecular weight excluding hydrogens is 430 g/mol. The molecule has 170 valence electrons. The summed E-state index contributed by atoms with van der Waals surface area (Å²) in [4.78, 5) is 28.7. The Labute approximate surface area is 198 Å². The van der Waals surface area contributed by atoms with Gasteiger partial charge < -0.3 is 15.5 Å². The van der Waals surface area contributed by atoms with Crippen molar-refractivity contribution in [1.82, 2.24) is 10.2 Å². The van der Waals surface area contributed by atoms with Gasteiger partial charge in [0.15, 0.2) is 0 Å². The standard InChI is InChI=1S/C27H29N3O2S/c31-26(18-4-1-5-18)28-21-8-2-6-19(14-21)22-9-3-7-20-15-24(33-25(20)22)27(32)29-23-16-30-12-10-17(23)11-13-30/h2-3,6-9,14-15,17-18,23H,1,4-5,10-13,16H2,(H,28,31)(H,29,32)/t23-/m0/s1. The van der Waals surface area contributed by atoms with E-state index in [9.17, 15) is 9.59 Å². The van der Waals surface area contributed by atoms with Gasteiger partial charge in [-0.15, -0.1) is 11.3 Å². The summed E-state index contributed by atoms with van der Waals surface area (Å²) in [6.07, 6.45) is 5.51. The minimum atomic E-state index is 0.0439. The monoisotopic (exact) mass is 459 g/mol. The normalized spacial score (nSPS) is 24.4. The summed E-state index contributed by atoms with van der Waals surface area (Å²) in [7, 11) is 0. The van der Waals surface area contributed by atoms with E-state index in [1.807, 2.05) is 30.3 Å². The van der Waals surface area contributed by atoms with E-state index in [2.05, 4.69) is 33.7 Å². The Bertz CT molecular complexity index is 1210. The molecule has 1 aromatic heterocycles. The number of nitrogens with zero attached hydrogens (tertiary/aromatic N) is 1. The van der Waals surface area contributed by atoms with Crippen LogP contribution in [0.5, 0.6) is 0 Å². The van der Waals surface area contributed by atoms with E-state index in [-0.39, 0.29) is 23.8 Å². The smallest absolute Gasteiger partial charge is 0.261 e. The lowest BCUT2D eigenvalue weighted by molar-refractivity contribution is -0.122. The zero-order chi connectivity index (χ0) is 22.4. The van der Waals surface area contributed by atoms with Crippen LogP contribution in [-0.4, -0.2) is 42.4 Å². The Morgan fingerprint density at radius 2 is 1.79 bits per heavy atom. The lowest BCUT2D eigenvalue weighted by Gasteiger charge is -2.44. The van der Waals surface area contributed by atoms with Crippen LogP contribution < -0.4 is 10.6 Å². The van der Waals surface area contributed by atoms with E-state index in [0.717, 1.165) is 57.6 Å². The predicted molar refractivity (Wildman–Crippen MR) is 134 cm³/mol. The van der Waals surface area contributed by atoms with Crippen molar-refractivity contribution in [1.29, 1.82) is 0 Å². The average molecular weight is 460 g/mol. The molecule has 1 saturated carbocycles. The van der Waals surface area contributed by atoms with E-state index in [1.54, 1.807) is 11.3 Å². The van der Waals surface area contributed by atoms with Crippen molar-refractivity contribution in [2.24, 2.45) is 11.8 Å². The Hall–Kier alpha value is -2.70. The molecule has 2 N–H and O–H groups in total. The van der Waals surface area contributed by atoms with Gasteiger partial charge in [0.25, 0.3) is 5.91 Å². The molecular formula is C27H29N3O2S. The van der Waals surface area contributed by atoms with E-state index in [0.29, 0.717) is 5.92 Å². The number of fused-ring (bicyclic) bond motifs is 4. The third kappa shape index (κ3) is 4.06. The molecule has 2 bridgehead atoms. The van der Waals surface area contributed by atoms with Gasteiger partial charge in [-0.1, -0.05) is 36.8 Å². The molecule has 1 atom stereocenters. The second-order valence-corrected chi connectivity index (χ2v) is 10.8. The van der Waals surface area contributed by atoms with Gasteiger partial charge >= 0.3 is 0 Å². The largest absolute Gasteiger partial charge is 0.347 e. The summed E-state index contributed by atoms with van der Waals surface area (Å²) in [5.74, 6) is 0.940. The summed E-state index contributed by atoms with van der Waals surface area (Å²) < 4.78 is 1.11. The molecule has 33 heavy (non-hydrogen) atoms. The lowest BCUT2D eigenvalue weighted by atomic mass is 9.84. The molecule has 7 rings (SSSR count). The Morgan fingerprint density at radius 1 is 0.970 bits per heavy atom. The van der Waals surface area contributed by atoms with E-state index in [1.165, 1.54) is 25.9 Å². The van der Waals surface area contributed by atoms with Crippen LogP contribution in [0.1, 0.15) is 41.8 Å². The maximum Gasteiger partial charge on any atom is 0.261 e. The highest BCUT2D eigenvalue weighted by Crippen LogP contribution is 2.36. The molecule has 4 fully saturated rings. The fourth-order valence-corrected chi connectivity index (χ4v) is 6.55. The number of benzene rings is 2. The zero-order valence-electron chi connectivity index (χ0n) is 18.7. The van der Waals surface area contributed by atoms with Gasteiger partial charge in [0, 0.05) is 28.9 Å². The number of carbonyl (C=O) groups is 2. The van der Waals surface area contributed by atoms with Crippen LogP contribution in [0.15, 0.2) is 48.5 Å². The van der Waals surface area contributed by atoms with E-state index in [4.69, 9.17) is 0 Å². The van der Waals surface area contributed by atoms with Crippen LogP contribution >= 0.6 is 11.3 Å². The molecule has 6 heteroatoms. The topological polar surface area (TPSA) is 61.4 Å². The molecule has 4 aliphatic rings. The fourth-order valence-electron chi connectivity index (χ4n) is 5.45. The number of carbonyl (C=O) groups excluding carboxylic acids is 2. The first-order valence-corrected chi connectivity index (χ1v) is 12.9. The number of piperidine rings is 3. The second-order valence-electron chi connectivity index (χ2n) is 9.75. The SMILES string of the molecule is O=C(N[C@H]1CN2CCC1CC2)c1cc2cccc(-c3cccc(NC(=O)C4CCC4)c3)c2s1. The maximum absolute atomic E-state index is 13.1. The van der Waals surface area contributed by atoms with Crippen LogP contribution in [0.3, 0.4) is 0 Å². The molecule has 1 aliphatic carbocycles. The Morgan fingerprint density at radius 3 is 2.52 bits per heavy atom. The van der Waals surface area contributed by atoms with Crippen molar-refractivity contribution < 1.29 is 9.59 Å². The first-order chi connectivity index (χ1) is 16.1. The zero-order valence-corrected chi connectivity index (χ0v) is 19.5. The minimum absolute atomic E-state index is 0.0439. The molecule has 5 nitrogen and oxygen atoms in total. The van der Waals surface area contributed by atoms with Crippen molar-refractivity contribution in [3.63, 3.8) is 0 Å². The molecule has 4 heterocycles. The van der Waals surface area contributed by atoms with E-state index >= 15 is 0 Å². The molecule has 0 radical (unpaired) electrons. The molecule has 0 unspecified atom stereocenters. The summed E-state index contributed by atoms with van der Waals surface area (Å²) in [6.45, 7) is 3.32. The van der Waals surface area contributed by atoms with Gasteiger partial charge in [-0.3, -0.25) is 9.59 Å². The maximum atomic E-state index is 13.1. The summed E-state index contributed by atoms with van der Waals surface area (Å²) >= 11 is 1.56. The highest BCUT2D eigenvalue weighted by atomic mass is 32.1. The first-order valence-electron chi connectivity index (χ1n) is 12.1. The van der Waals surface area contributed by atoms with Gasteiger partial charge in [0.1, 0.15) is 0 Å². The molecule has 3 aliphatic heterocycles. The van der Waals surface area contributed by atoms with Gasteiger partial charge in [-0.25, -0.2) is 0 Å². The average Bonchev–Trinajstić information content (AvgIpc) is 3.23. The Kier molecular flexibility index (Phi) is 5.43. The van der Waals surface area contributed by atoms with Crippen molar-refractivity contribution in [3.05, 3.63) is 53.4 Å². The first kappa shape index (κ1) is 20.9. The van der Waals surface area contributed by atoms with Crippen molar-refractivity contribution >= 4 is 38.9 Å². The van der Waals surface area contributed by atoms with Crippen LogP contribution in [-0.2, 0) is 4.79 Å². The number of amides is 2. The highest BCUT2D eigenvalue weighted by molar-refractivity contribution is 7.21.